The molecule has 15 heavy (non-hydrogen) atoms. The lowest BCUT2D eigenvalue weighted by molar-refractivity contribution is -0.125. The van der Waals surface area contributed by atoms with E-state index in [-0.39, 0.29) is 18.6 Å². The average Bonchev–Trinajstić information content (AvgIpc) is 2.65. The summed E-state index contributed by atoms with van der Waals surface area (Å²) in [5.41, 5.74) is 0. The molecule has 2 rings (SSSR count). The number of hydrogen-bond acceptors (Lipinski definition) is 3. The van der Waals surface area contributed by atoms with Crippen LogP contribution < -0.4 is 5.32 Å². The quantitative estimate of drug-likeness (QED) is 0.760. The predicted octanol–water partition coefficient (Wildman–Crippen LogP) is -0.0395. The van der Waals surface area contributed by atoms with Crippen molar-refractivity contribution in [1.29, 1.82) is 0 Å². The first-order valence-electron chi connectivity index (χ1n) is 5.08. The normalized spacial score (nSPS) is 19.7. The number of carbonyl (C=O) groups excluding carboxylic acids is 1. The van der Waals surface area contributed by atoms with Gasteiger partial charge in [-0.15, -0.1) is 0 Å². The first kappa shape index (κ1) is 10.2. The number of imidazole rings is 1. The van der Waals surface area contributed by atoms with Gasteiger partial charge in [0.25, 0.3) is 0 Å². The Morgan fingerprint density at radius 3 is 3.47 bits per heavy atom. The summed E-state index contributed by atoms with van der Waals surface area (Å²) >= 11 is 0. The maximum absolute atomic E-state index is 11.3. The third-order valence-electron chi connectivity index (χ3n) is 2.58. The van der Waals surface area contributed by atoms with Crippen LogP contribution in [0.1, 0.15) is 12.2 Å². The number of nitrogens with one attached hydrogen (secondary N) is 1. The van der Waals surface area contributed by atoms with Gasteiger partial charge in [0.15, 0.2) is 0 Å². The van der Waals surface area contributed by atoms with Crippen molar-refractivity contribution in [3.05, 3.63) is 18.2 Å². The van der Waals surface area contributed by atoms with Gasteiger partial charge in [-0.1, -0.05) is 0 Å². The fraction of sp³-hybridized carbons (Fsp3) is 0.600. The third kappa shape index (κ3) is 2.36. The fourth-order valence-electron chi connectivity index (χ4n) is 1.88. The molecule has 5 heteroatoms. The maximum atomic E-state index is 11.3. The van der Waals surface area contributed by atoms with Crippen molar-refractivity contribution in [2.75, 3.05) is 13.7 Å². The number of methoxy groups -OCH3 is 1. The highest BCUT2D eigenvalue weighted by atomic mass is 16.5. The van der Waals surface area contributed by atoms with Gasteiger partial charge in [0.1, 0.15) is 12.4 Å². The van der Waals surface area contributed by atoms with Gasteiger partial charge >= 0.3 is 0 Å². The molecule has 0 saturated carbocycles. The predicted molar refractivity (Wildman–Crippen MR) is 54.4 cm³/mol. The molecule has 82 valence electrons. The van der Waals surface area contributed by atoms with Gasteiger partial charge in [0, 0.05) is 38.5 Å². The molecule has 1 atom stereocenters. The Morgan fingerprint density at radius 2 is 2.67 bits per heavy atom. The summed E-state index contributed by atoms with van der Waals surface area (Å²) in [6, 6.07) is 0.203. The third-order valence-corrected chi connectivity index (χ3v) is 2.58. The number of aryl methyl sites for hydroxylation is 1. The molecule has 0 aromatic carbocycles. The molecule has 1 aromatic rings. The van der Waals surface area contributed by atoms with Gasteiger partial charge in [0.2, 0.25) is 5.91 Å². The van der Waals surface area contributed by atoms with Gasteiger partial charge < -0.3 is 14.6 Å². The first-order valence-corrected chi connectivity index (χ1v) is 5.08. The second-order valence-electron chi connectivity index (χ2n) is 3.73. The lowest BCUT2D eigenvalue weighted by Crippen LogP contribution is -2.42. The molecule has 1 N–H and O–H groups in total. The molecule has 0 fully saturated rings. The number of amides is 1. The van der Waals surface area contributed by atoms with E-state index in [1.807, 2.05) is 6.20 Å². The minimum atomic E-state index is -0.0499. The van der Waals surface area contributed by atoms with Gasteiger partial charge in [0.05, 0.1) is 0 Å². The van der Waals surface area contributed by atoms with E-state index in [9.17, 15) is 4.79 Å². The van der Waals surface area contributed by atoms with E-state index in [0.717, 1.165) is 25.2 Å². The summed E-state index contributed by atoms with van der Waals surface area (Å²) in [6.07, 6.45) is 5.62. The molecule has 0 bridgehead atoms. The monoisotopic (exact) mass is 209 g/mol. The minimum Gasteiger partial charge on any atom is -0.375 e. The molecule has 1 aliphatic rings. The van der Waals surface area contributed by atoms with Crippen LogP contribution in [0, 0.1) is 0 Å². The standard InChI is InChI=1S/C10H15N3O2/c1-15-7-10(14)12-8-2-3-9-11-4-5-13(9)6-8/h4-5,8H,2-3,6-7H2,1H3,(H,12,14). The van der Waals surface area contributed by atoms with Crippen LogP contribution >= 0.6 is 0 Å². The van der Waals surface area contributed by atoms with Crippen molar-refractivity contribution in [1.82, 2.24) is 14.9 Å². The Balaban J connectivity index is 1.90. The van der Waals surface area contributed by atoms with E-state index in [2.05, 4.69) is 14.9 Å². The van der Waals surface area contributed by atoms with Crippen LogP contribution in [-0.4, -0.2) is 35.2 Å². The van der Waals surface area contributed by atoms with E-state index in [1.54, 1.807) is 6.20 Å². The van der Waals surface area contributed by atoms with Crippen LogP contribution in [0.5, 0.6) is 0 Å². The van der Waals surface area contributed by atoms with E-state index < -0.39 is 0 Å². The number of nitrogens with zero attached hydrogens (tertiary/aromatic N) is 2. The zero-order valence-corrected chi connectivity index (χ0v) is 8.77. The Labute approximate surface area is 88.4 Å². The van der Waals surface area contributed by atoms with Crippen molar-refractivity contribution in [2.24, 2.45) is 0 Å². The van der Waals surface area contributed by atoms with Crippen LogP contribution in [0.4, 0.5) is 0 Å². The van der Waals surface area contributed by atoms with Crippen molar-refractivity contribution < 1.29 is 9.53 Å². The van der Waals surface area contributed by atoms with E-state index >= 15 is 0 Å². The summed E-state index contributed by atoms with van der Waals surface area (Å²) in [6.45, 7) is 0.943. The van der Waals surface area contributed by atoms with Crippen LogP contribution in [0.2, 0.25) is 0 Å². The van der Waals surface area contributed by atoms with Crippen molar-refractivity contribution >= 4 is 5.91 Å². The highest BCUT2D eigenvalue weighted by Crippen LogP contribution is 2.12. The number of fused-ring (bicyclic) bond motifs is 1. The van der Waals surface area contributed by atoms with E-state index in [0.29, 0.717) is 0 Å². The lowest BCUT2D eigenvalue weighted by atomic mass is 10.1. The molecule has 0 radical (unpaired) electrons. The van der Waals surface area contributed by atoms with Gasteiger partial charge in [-0.25, -0.2) is 4.98 Å². The van der Waals surface area contributed by atoms with Crippen molar-refractivity contribution in [3.63, 3.8) is 0 Å². The maximum Gasteiger partial charge on any atom is 0.246 e. The molecule has 1 aliphatic heterocycles. The number of aromatic nitrogens is 2. The molecule has 0 spiro atoms. The molecule has 1 aromatic heterocycles. The Morgan fingerprint density at radius 1 is 1.80 bits per heavy atom. The molecule has 0 saturated heterocycles. The Kier molecular flexibility index (Phi) is 3.01. The summed E-state index contributed by atoms with van der Waals surface area (Å²) < 4.78 is 6.85. The summed E-state index contributed by atoms with van der Waals surface area (Å²) in [7, 11) is 1.52. The topological polar surface area (TPSA) is 56.1 Å². The molecule has 2 heterocycles. The van der Waals surface area contributed by atoms with Gasteiger partial charge in [-0.05, 0) is 6.42 Å². The highest BCUT2D eigenvalue weighted by Gasteiger charge is 2.19. The number of ether oxygens (including phenoxy) is 1. The Hall–Kier alpha value is -1.36. The molecular formula is C10H15N3O2. The summed E-state index contributed by atoms with van der Waals surface area (Å²) in [5.74, 6) is 1.05. The molecule has 5 nitrogen and oxygen atoms in total. The van der Waals surface area contributed by atoms with Crippen LogP contribution in [0.15, 0.2) is 12.4 Å². The SMILES string of the molecule is COCC(=O)NC1CCc2nccn2C1. The fourth-order valence-corrected chi connectivity index (χ4v) is 1.88. The zero-order chi connectivity index (χ0) is 10.7. The lowest BCUT2D eigenvalue weighted by Gasteiger charge is -2.24. The zero-order valence-electron chi connectivity index (χ0n) is 8.77. The molecule has 0 aliphatic carbocycles. The molecule has 1 unspecified atom stereocenters. The summed E-state index contributed by atoms with van der Waals surface area (Å²) in [5, 5.41) is 2.94. The second kappa shape index (κ2) is 4.44. The number of carbonyl (C=O) groups is 1. The van der Waals surface area contributed by atoms with Crippen LogP contribution in [-0.2, 0) is 22.5 Å². The largest absolute Gasteiger partial charge is 0.375 e. The number of hydrogen-bond donors (Lipinski definition) is 1. The first-order chi connectivity index (χ1) is 7.29. The highest BCUT2D eigenvalue weighted by molar-refractivity contribution is 5.77. The van der Waals surface area contributed by atoms with Gasteiger partial charge in [-0.2, -0.15) is 0 Å². The molecular weight excluding hydrogens is 194 g/mol. The van der Waals surface area contributed by atoms with Crippen LogP contribution in [0.3, 0.4) is 0 Å². The van der Waals surface area contributed by atoms with Gasteiger partial charge in [-0.3, -0.25) is 4.79 Å². The average molecular weight is 209 g/mol. The minimum absolute atomic E-state index is 0.0499. The van der Waals surface area contributed by atoms with Crippen molar-refractivity contribution in [3.8, 4) is 0 Å². The van der Waals surface area contributed by atoms with E-state index in [4.69, 9.17) is 4.74 Å². The number of rotatable bonds is 3. The summed E-state index contributed by atoms with van der Waals surface area (Å²) in [4.78, 5) is 15.5. The van der Waals surface area contributed by atoms with Crippen molar-refractivity contribution in [2.45, 2.75) is 25.4 Å². The Bertz CT molecular complexity index is 348. The van der Waals surface area contributed by atoms with Crippen LogP contribution in [0.25, 0.3) is 0 Å². The van der Waals surface area contributed by atoms with E-state index in [1.165, 1.54) is 7.11 Å². The second-order valence-corrected chi connectivity index (χ2v) is 3.73. The molecule has 1 amide bonds. The smallest absolute Gasteiger partial charge is 0.246 e.